The first kappa shape index (κ1) is 13.5. The Morgan fingerprint density at radius 1 is 1.28 bits per heavy atom. The standard InChI is InChI=1S/C14H14BrClN2/c1-9-5-6-18-8-12(9)14(17-2)11-7-10(15)3-4-13(11)16/h3-8,14,17H,1-2H3. The number of nitrogens with one attached hydrogen (secondary N) is 1. The van der Waals surface area contributed by atoms with Crippen LogP contribution in [-0.2, 0) is 0 Å². The molecule has 1 aromatic heterocycles. The van der Waals surface area contributed by atoms with Crippen LogP contribution in [0.4, 0.5) is 0 Å². The van der Waals surface area contributed by atoms with Crippen LogP contribution in [0, 0.1) is 6.92 Å². The van der Waals surface area contributed by atoms with E-state index in [0.717, 1.165) is 20.6 Å². The summed E-state index contributed by atoms with van der Waals surface area (Å²) in [5.41, 5.74) is 3.38. The maximum atomic E-state index is 6.29. The third-order valence-corrected chi connectivity index (χ3v) is 3.79. The minimum Gasteiger partial charge on any atom is -0.309 e. The predicted molar refractivity (Wildman–Crippen MR) is 79.0 cm³/mol. The molecule has 94 valence electrons. The average Bonchev–Trinajstić information content (AvgIpc) is 2.36. The highest BCUT2D eigenvalue weighted by Crippen LogP contribution is 2.31. The van der Waals surface area contributed by atoms with Crippen LogP contribution in [0.15, 0.2) is 41.1 Å². The number of halogens is 2. The lowest BCUT2D eigenvalue weighted by Gasteiger charge is -2.20. The first-order valence-corrected chi connectivity index (χ1v) is 6.83. The summed E-state index contributed by atoms with van der Waals surface area (Å²) in [4.78, 5) is 4.20. The molecule has 0 bridgehead atoms. The highest BCUT2D eigenvalue weighted by molar-refractivity contribution is 9.10. The monoisotopic (exact) mass is 324 g/mol. The van der Waals surface area contributed by atoms with Gasteiger partial charge in [0.25, 0.3) is 0 Å². The van der Waals surface area contributed by atoms with Gasteiger partial charge in [0.05, 0.1) is 6.04 Å². The first-order chi connectivity index (χ1) is 8.63. The number of aryl methyl sites for hydroxylation is 1. The van der Waals surface area contributed by atoms with E-state index in [4.69, 9.17) is 11.6 Å². The zero-order valence-electron chi connectivity index (χ0n) is 10.2. The quantitative estimate of drug-likeness (QED) is 0.918. The van der Waals surface area contributed by atoms with Crippen molar-refractivity contribution in [1.82, 2.24) is 10.3 Å². The lowest BCUT2D eigenvalue weighted by Crippen LogP contribution is -2.19. The second-order valence-corrected chi connectivity index (χ2v) is 5.44. The molecule has 4 heteroatoms. The molecule has 2 aromatic rings. The smallest absolute Gasteiger partial charge is 0.0607 e. The molecule has 1 unspecified atom stereocenters. The van der Waals surface area contributed by atoms with E-state index in [1.807, 2.05) is 37.5 Å². The van der Waals surface area contributed by atoms with Crippen molar-refractivity contribution in [2.45, 2.75) is 13.0 Å². The second-order valence-electron chi connectivity index (χ2n) is 4.12. The van der Waals surface area contributed by atoms with Gasteiger partial charge in [0.15, 0.2) is 0 Å². The van der Waals surface area contributed by atoms with Gasteiger partial charge in [0.2, 0.25) is 0 Å². The van der Waals surface area contributed by atoms with Crippen LogP contribution in [0.1, 0.15) is 22.7 Å². The number of hydrogen-bond acceptors (Lipinski definition) is 2. The largest absolute Gasteiger partial charge is 0.309 e. The molecular formula is C14H14BrClN2. The van der Waals surface area contributed by atoms with Crippen LogP contribution in [-0.4, -0.2) is 12.0 Å². The van der Waals surface area contributed by atoms with Gasteiger partial charge in [-0.2, -0.15) is 0 Å². The third-order valence-electron chi connectivity index (χ3n) is 2.95. The van der Waals surface area contributed by atoms with Crippen molar-refractivity contribution < 1.29 is 0 Å². The Morgan fingerprint density at radius 3 is 2.72 bits per heavy atom. The van der Waals surface area contributed by atoms with E-state index >= 15 is 0 Å². The summed E-state index contributed by atoms with van der Waals surface area (Å²) in [5.74, 6) is 0. The van der Waals surface area contributed by atoms with Crippen LogP contribution < -0.4 is 5.32 Å². The fourth-order valence-corrected chi connectivity index (χ4v) is 2.60. The van der Waals surface area contributed by atoms with E-state index in [1.54, 1.807) is 6.20 Å². The van der Waals surface area contributed by atoms with Crippen molar-refractivity contribution in [1.29, 1.82) is 0 Å². The lowest BCUT2D eigenvalue weighted by atomic mass is 9.97. The van der Waals surface area contributed by atoms with Gasteiger partial charge in [-0.25, -0.2) is 0 Å². The van der Waals surface area contributed by atoms with Crippen molar-refractivity contribution in [3.63, 3.8) is 0 Å². The molecule has 0 radical (unpaired) electrons. The minimum atomic E-state index is 0.0451. The highest BCUT2D eigenvalue weighted by atomic mass is 79.9. The summed E-state index contributed by atoms with van der Waals surface area (Å²) in [6, 6.07) is 7.93. The predicted octanol–water partition coefficient (Wildman–Crippen LogP) is 4.11. The summed E-state index contributed by atoms with van der Waals surface area (Å²) in [7, 11) is 1.92. The highest BCUT2D eigenvalue weighted by Gasteiger charge is 2.17. The van der Waals surface area contributed by atoms with E-state index < -0.39 is 0 Å². The molecule has 0 saturated carbocycles. The molecule has 0 saturated heterocycles. The number of hydrogen-bond donors (Lipinski definition) is 1. The zero-order valence-corrected chi connectivity index (χ0v) is 12.6. The van der Waals surface area contributed by atoms with Crippen molar-refractivity contribution in [2.75, 3.05) is 7.05 Å². The van der Waals surface area contributed by atoms with Crippen LogP contribution in [0.5, 0.6) is 0 Å². The Kier molecular flexibility index (Phi) is 4.38. The molecule has 0 aliphatic rings. The Labute approximate surface area is 121 Å². The Morgan fingerprint density at radius 2 is 2.06 bits per heavy atom. The van der Waals surface area contributed by atoms with Crippen molar-refractivity contribution in [2.24, 2.45) is 0 Å². The average molecular weight is 326 g/mol. The second kappa shape index (κ2) is 5.83. The van der Waals surface area contributed by atoms with Gasteiger partial charge in [-0.05, 0) is 54.9 Å². The van der Waals surface area contributed by atoms with Gasteiger partial charge in [0.1, 0.15) is 0 Å². The van der Waals surface area contributed by atoms with E-state index in [-0.39, 0.29) is 6.04 Å². The van der Waals surface area contributed by atoms with Crippen LogP contribution in [0.3, 0.4) is 0 Å². The fourth-order valence-electron chi connectivity index (χ4n) is 1.99. The number of benzene rings is 1. The maximum Gasteiger partial charge on any atom is 0.0607 e. The topological polar surface area (TPSA) is 24.9 Å². The summed E-state index contributed by atoms with van der Waals surface area (Å²) < 4.78 is 1.02. The van der Waals surface area contributed by atoms with Gasteiger partial charge in [-0.15, -0.1) is 0 Å². The molecule has 2 rings (SSSR count). The summed E-state index contributed by atoms with van der Waals surface area (Å²) in [6.07, 6.45) is 3.68. The molecule has 0 aliphatic carbocycles. The van der Waals surface area contributed by atoms with Gasteiger partial charge in [-0.3, -0.25) is 4.98 Å². The van der Waals surface area contributed by atoms with Gasteiger partial charge >= 0.3 is 0 Å². The normalized spacial score (nSPS) is 12.4. The molecule has 2 nitrogen and oxygen atoms in total. The Hall–Kier alpha value is -0.900. The molecule has 1 atom stereocenters. The van der Waals surface area contributed by atoms with Crippen LogP contribution >= 0.6 is 27.5 Å². The molecule has 1 N–H and O–H groups in total. The molecule has 0 spiro atoms. The maximum absolute atomic E-state index is 6.29. The van der Waals surface area contributed by atoms with Crippen LogP contribution in [0.2, 0.25) is 5.02 Å². The van der Waals surface area contributed by atoms with Crippen LogP contribution in [0.25, 0.3) is 0 Å². The molecular weight excluding hydrogens is 312 g/mol. The number of rotatable bonds is 3. The van der Waals surface area contributed by atoms with E-state index in [0.29, 0.717) is 0 Å². The SMILES string of the molecule is CNC(c1cnccc1C)c1cc(Br)ccc1Cl. The summed E-state index contributed by atoms with van der Waals surface area (Å²) in [5, 5.41) is 4.05. The Bertz CT molecular complexity index is 557. The lowest BCUT2D eigenvalue weighted by molar-refractivity contribution is 0.684. The van der Waals surface area contributed by atoms with E-state index in [1.165, 1.54) is 5.56 Å². The zero-order chi connectivity index (χ0) is 13.1. The van der Waals surface area contributed by atoms with Gasteiger partial charge in [-0.1, -0.05) is 27.5 Å². The van der Waals surface area contributed by atoms with E-state index in [9.17, 15) is 0 Å². The van der Waals surface area contributed by atoms with Crippen molar-refractivity contribution in [3.8, 4) is 0 Å². The van der Waals surface area contributed by atoms with Gasteiger partial charge in [0, 0.05) is 21.9 Å². The molecule has 1 heterocycles. The number of nitrogens with zero attached hydrogens (tertiary/aromatic N) is 1. The molecule has 1 aromatic carbocycles. The number of pyridine rings is 1. The molecule has 0 amide bonds. The Balaban J connectivity index is 2.52. The summed E-state index contributed by atoms with van der Waals surface area (Å²) >= 11 is 9.77. The third kappa shape index (κ3) is 2.74. The van der Waals surface area contributed by atoms with Crippen molar-refractivity contribution in [3.05, 3.63) is 62.8 Å². The molecule has 0 aliphatic heterocycles. The molecule has 0 fully saturated rings. The van der Waals surface area contributed by atoms with Crippen molar-refractivity contribution >= 4 is 27.5 Å². The summed E-state index contributed by atoms with van der Waals surface area (Å²) in [6.45, 7) is 2.08. The first-order valence-electron chi connectivity index (χ1n) is 5.66. The fraction of sp³-hybridized carbons (Fsp3) is 0.214. The van der Waals surface area contributed by atoms with Gasteiger partial charge < -0.3 is 5.32 Å². The number of aromatic nitrogens is 1. The minimum absolute atomic E-state index is 0.0451. The van der Waals surface area contributed by atoms with E-state index in [2.05, 4.69) is 33.2 Å². The molecule has 18 heavy (non-hydrogen) atoms.